The molecule has 0 saturated carbocycles. The van der Waals surface area contributed by atoms with Crippen LogP contribution >= 0.6 is 47.8 Å². The lowest BCUT2D eigenvalue weighted by atomic mass is 10.1. The Morgan fingerprint density at radius 1 is 0.476 bits per heavy atom. The van der Waals surface area contributed by atoms with Gasteiger partial charge in [-0.15, -0.1) is 0 Å². The number of carbonyl (C=O) groups is 3. The summed E-state index contributed by atoms with van der Waals surface area (Å²) < 4.78 is 1.93. The average molecular weight is 753 g/mol. The topological polar surface area (TPSA) is 124 Å². The number of hydrogen-bond acceptors (Lipinski definition) is 6. The fraction of sp³-hybridized carbons (Fsp3) is 0. The maximum atomic E-state index is 12.5. The lowest BCUT2D eigenvalue weighted by Gasteiger charge is -2.05. The first kappa shape index (κ1) is 30.7. The van der Waals surface area contributed by atoms with Crippen molar-refractivity contribution >= 4 is 84.2 Å². The van der Waals surface area contributed by atoms with Crippen molar-refractivity contribution in [3.8, 4) is 0 Å². The average Bonchev–Trinajstić information content (AvgIpc) is 2.97. The zero-order valence-corrected chi connectivity index (χ0v) is 26.4. The zero-order valence-electron chi connectivity index (χ0n) is 21.6. The molecule has 3 amide bonds. The summed E-state index contributed by atoms with van der Waals surface area (Å²) in [5.74, 6) is -1.16. The van der Waals surface area contributed by atoms with Crippen molar-refractivity contribution in [2.45, 2.75) is 0 Å². The fourth-order valence-corrected chi connectivity index (χ4v) is 4.93. The number of rotatable bonds is 9. The van der Waals surface area contributed by atoms with Crippen molar-refractivity contribution in [1.29, 1.82) is 0 Å². The molecule has 0 atom stereocenters. The van der Waals surface area contributed by atoms with Crippen molar-refractivity contribution in [1.82, 2.24) is 16.3 Å². The van der Waals surface area contributed by atoms with Crippen LogP contribution in [0.5, 0.6) is 0 Å². The molecule has 210 valence electrons. The molecular weight excluding hydrogens is 732 g/mol. The van der Waals surface area contributed by atoms with Gasteiger partial charge in [0.05, 0.1) is 35.3 Å². The molecule has 4 rings (SSSR count). The van der Waals surface area contributed by atoms with Gasteiger partial charge < -0.3 is 0 Å². The molecule has 4 aromatic carbocycles. The van der Waals surface area contributed by atoms with E-state index in [0.717, 1.165) is 0 Å². The normalized spacial score (nSPS) is 11.2. The van der Waals surface area contributed by atoms with Gasteiger partial charge in [-0.05, 0) is 119 Å². The van der Waals surface area contributed by atoms with Gasteiger partial charge in [0.15, 0.2) is 0 Å². The van der Waals surface area contributed by atoms with E-state index in [4.69, 9.17) is 0 Å². The summed E-state index contributed by atoms with van der Waals surface area (Å²) >= 11 is 10.1. The second-order valence-electron chi connectivity index (χ2n) is 8.47. The number of benzene rings is 4. The highest BCUT2D eigenvalue weighted by molar-refractivity contribution is 9.11. The number of amides is 3. The summed E-state index contributed by atoms with van der Waals surface area (Å²) in [5, 5.41) is 12.2. The smallest absolute Gasteiger partial charge is 0.267 e. The third-order valence-corrected chi connectivity index (χ3v) is 7.57. The Bertz CT molecular complexity index is 1510. The van der Waals surface area contributed by atoms with Gasteiger partial charge in [-0.1, -0.05) is 36.4 Å². The van der Waals surface area contributed by atoms with Gasteiger partial charge in [-0.2, -0.15) is 15.3 Å². The van der Waals surface area contributed by atoms with E-state index < -0.39 is 0 Å². The van der Waals surface area contributed by atoms with Crippen molar-refractivity contribution in [3.63, 3.8) is 0 Å². The second kappa shape index (κ2) is 15.1. The molecule has 3 N–H and O–H groups in total. The van der Waals surface area contributed by atoms with E-state index >= 15 is 0 Å². The fourth-order valence-electron chi connectivity index (χ4n) is 3.54. The molecule has 0 aliphatic carbocycles. The lowest BCUT2D eigenvalue weighted by molar-refractivity contribution is 0.0946. The summed E-state index contributed by atoms with van der Waals surface area (Å²) in [6.07, 6.45) is 4.38. The molecule has 0 aromatic heterocycles. The van der Waals surface area contributed by atoms with E-state index in [1.165, 1.54) is 18.6 Å². The Morgan fingerprint density at radius 2 is 0.738 bits per heavy atom. The first-order chi connectivity index (χ1) is 20.3. The minimum atomic E-state index is -0.386. The molecule has 0 spiro atoms. The van der Waals surface area contributed by atoms with E-state index in [9.17, 15) is 14.4 Å². The zero-order chi connectivity index (χ0) is 29.9. The largest absolute Gasteiger partial charge is 0.272 e. The molecule has 0 aliphatic rings. The molecule has 0 fully saturated rings. The molecule has 9 nitrogen and oxygen atoms in total. The molecule has 0 heterocycles. The minimum Gasteiger partial charge on any atom is -0.267 e. The summed E-state index contributed by atoms with van der Waals surface area (Å²) in [6.45, 7) is 0. The quantitative estimate of drug-likeness (QED) is 0.138. The highest BCUT2D eigenvalue weighted by Crippen LogP contribution is 2.17. The number of hydrazone groups is 3. The molecule has 0 unspecified atom stereocenters. The summed E-state index contributed by atoms with van der Waals surface area (Å²) in [7, 11) is 0. The molecule has 0 saturated heterocycles. The van der Waals surface area contributed by atoms with Crippen LogP contribution in [0, 0.1) is 0 Å². The highest BCUT2D eigenvalue weighted by Gasteiger charge is 2.10. The van der Waals surface area contributed by atoms with Crippen LogP contribution in [0.1, 0.15) is 47.8 Å². The highest BCUT2D eigenvalue weighted by atomic mass is 79.9. The number of nitrogens with zero attached hydrogens (tertiary/aromatic N) is 3. The predicted molar refractivity (Wildman–Crippen MR) is 174 cm³/mol. The van der Waals surface area contributed by atoms with Crippen molar-refractivity contribution in [3.05, 3.63) is 138 Å². The molecule has 4 aromatic rings. The lowest BCUT2D eigenvalue weighted by Crippen LogP contribution is -2.18. The van der Waals surface area contributed by atoms with Gasteiger partial charge in [0, 0.05) is 13.4 Å². The Kier molecular flexibility index (Phi) is 11.0. The van der Waals surface area contributed by atoms with Crippen LogP contribution in [0.25, 0.3) is 0 Å². The Hall–Kier alpha value is -4.26. The maximum absolute atomic E-state index is 12.5. The van der Waals surface area contributed by atoms with Gasteiger partial charge >= 0.3 is 0 Å². The van der Waals surface area contributed by atoms with Crippen LogP contribution in [0.2, 0.25) is 0 Å². The van der Waals surface area contributed by atoms with Crippen molar-refractivity contribution in [2.24, 2.45) is 15.3 Å². The molecular formula is C30H21Br3N6O3. The van der Waals surface area contributed by atoms with E-state index in [1.54, 1.807) is 72.8 Å². The van der Waals surface area contributed by atoms with Gasteiger partial charge in [0.25, 0.3) is 17.7 Å². The van der Waals surface area contributed by atoms with Crippen molar-refractivity contribution in [2.75, 3.05) is 0 Å². The molecule has 0 radical (unpaired) electrons. The van der Waals surface area contributed by atoms with Gasteiger partial charge in [-0.3, -0.25) is 14.4 Å². The SMILES string of the molecule is O=C(N/N=C/c1cc(/C=N/NC(=O)c2ccccc2Br)cc(/C=N/NC(=O)c2ccccc2Br)c1)c1ccccc1Br. The Morgan fingerprint density at radius 3 is 1.00 bits per heavy atom. The van der Waals surface area contributed by atoms with Gasteiger partial charge in [0.2, 0.25) is 0 Å². The number of carbonyl (C=O) groups excluding carboxylic acids is 3. The van der Waals surface area contributed by atoms with Crippen LogP contribution in [0.15, 0.2) is 120 Å². The third kappa shape index (κ3) is 8.62. The van der Waals surface area contributed by atoms with Gasteiger partial charge in [0.1, 0.15) is 0 Å². The third-order valence-electron chi connectivity index (χ3n) is 5.49. The summed E-state index contributed by atoms with van der Waals surface area (Å²) in [6, 6.07) is 26.2. The van der Waals surface area contributed by atoms with Crippen LogP contribution in [-0.2, 0) is 0 Å². The Balaban J connectivity index is 1.52. The summed E-state index contributed by atoms with van der Waals surface area (Å²) in [4.78, 5) is 37.5. The monoisotopic (exact) mass is 750 g/mol. The predicted octanol–water partition coefficient (Wildman–Crippen LogP) is 6.27. The van der Waals surface area contributed by atoms with E-state index in [0.29, 0.717) is 46.8 Å². The van der Waals surface area contributed by atoms with Crippen LogP contribution < -0.4 is 16.3 Å². The second-order valence-corrected chi connectivity index (χ2v) is 11.0. The van der Waals surface area contributed by atoms with E-state index in [-0.39, 0.29) is 17.7 Å². The summed E-state index contributed by atoms with van der Waals surface area (Å²) in [5.41, 5.74) is 10.6. The van der Waals surface area contributed by atoms with Crippen LogP contribution in [0.4, 0.5) is 0 Å². The minimum absolute atomic E-state index is 0.386. The van der Waals surface area contributed by atoms with Crippen LogP contribution in [0.3, 0.4) is 0 Å². The van der Waals surface area contributed by atoms with Crippen molar-refractivity contribution < 1.29 is 14.4 Å². The number of halogens is 3. The first-order valence-corrected chi connectivity index (χ1v) is 14.6. The number of nitrogens with one attached hydrogen (secondary N) is 3. The molecule has 12 heteroatoms. The standard InChI is InChI=1S/C30H21Br3N6O3/c31-25-10-4-1-7-22(25)28(40)37-34-16-19-13-20(17-35-38-29(41)23-8-2-5-11-26(23)32)15-21(14-19)18-36-39-30(42)24-9-3-6-12-27(24)33/h1-18H,(H,37,40)(H,38,41)(H,39,42)/b34-16+,35-17+,36-18+. The molecule has 0 aliphatic heterocycles. The molecule has 0 bridgehead atoms. The Labute approximate surface area is 266 Å². The maximum Gasteiger partial charge on any atom is 0.272 e. The van der Waals surface area contributed by atoms with E-state index in [2.05, 4.69) is 79.4 Å². The van der Waals surface area contributed by atoms with E-state index in [1.807, 2.05) is 18.2 Å². The molecule has 42 heavy (non-hydrogen) atoms. The number of hydrogen-bond donors (Lipinski definition) is 3. The van der Waals surface area contributed by atoms with Crippen LogP contribution in [-0.4, -0.2) is 36.4 Å². The van der Waals surface area contributed by atoms with Gasteiger partial charge in [-0.25, -0.2) is 16.3 Å². The first-order valence-electron chi connectivity index (χ1n) is 12.2.